The summed E-state index contributed by atoms with van der Waals surface area (Å²) in [5.74, 6) is 0.373. The summed E-state index contributed by atoms with van der Waals surface area (Å²) in [6.07, 6.45) is -3.02. The van der Waals surface area contributed by atoms with Crippen molar-refractivity contribution in [1.29, 1.82) is 0 Å². The predicted octanol–water partition coefficient (Wildman–Crippen LogP) is 3.94. The van der Waals surface area contributed by atoms with Crippen molar-refractivity contribution < 1.29 is 27.8 Å². The quantitative estimate of drug-likeness (QED) is 0.587. The predicted molar refractivity (Wildman–Crippen MR) is 108 cm³/mol. The maximum Gasteiger partial charge on any atom is 0.353 e. The number of nitrogens with zero attached hydrogens (tertiary/aromatic N) is 2. The van der Waals surface area contributed by atoms with Crippen LogP contribution in [0.1, 0.15) is 67.5 Å². The fraction of sp³-hybridized carbons (Fsp3) is 0.500. The molecule has 1 aromatic heterocycles. The molecule has 1 atom stereocenters. The molecule has 2 N–H and O–H groups in total. The van der Waals surface area contributed by atoms with Crippen LogP contribution in [0.5, 0.6) is 0 Å². The van der Waals surface area contributed by atoms with Crippen LogP contribution in [-0.4, -0.2) is 33.4 Å². The third kappa shape index (κ3) is 6.93. The number of allylic oxidation sites excluding steroid dienone is 1. The summed E-state index contributed by atoms with van der Waals surface area (Å²) < 4.78 is 35.9. The monoisotopic (exact) mass is 435 g/mol. The molecule has 168 valence electrons. The van der Waals surface area contributed by atoms with Crippen LogP contribution in [0.2, 0.25) is 0 Å². The Labute approximate surface area is 179 Å². The van der Waals surface area contributed by atoms with E-state index in [-0.39, 0.29) is 18.2 Å². The number of carbonyl (C=O) groups excluding carboxylic acids is 1. The highest BCUT2D eigenvalue weighted by atomic mass is 19.3. The molecule has 0 spiro atoms. The summed E-state index contributed by atoms with van der Waals surface area (Å²) in [5.41, 5.74) is 2.23. The van der Waals surface area contributed by atoms with E-state index in [2.05, 4.69) is 26.8 Å². The number of aliphatic hydroxyl groups excluding tert-OH is 1. The van der Waals surface area contributed by atoms with E-state index in [9.17, 15) is 18.7 Å². The number of aromatic nitrogens is 2. The molecule has 0 saturated heterocycles. The molecule has 1 heterocycles. The molecular formula is C22H27F2N3O4. The molecule has 1 saturated carbocycles. The molecule has 7 nitrogen and oxygen atoms in total. The minimum Gasteiger partial charge on any atom is -0.425 e. The second-order valence-electron chi connectivity index (χ2n) is 8.03. The molecule has 1 aliphatic carbocycles. The van der Waals surface area contributed by atoms with E-state index in [1.54, 1.807) is 12.1 Å². The van der Waals surface area contributed by atoms with Crippen LogP contribution >= 0.6 is 0 Å². The van der Waals surface area contributed by atoms with Crippen molar-refractivity contribution in [2.24, 2.45) is 0 Å². The van der Waals surface area contributed by atoms with Crippen LogP contribution in [0.15, 0.2) is 41.0 Å². The lowest BCUT2D eigenvalue weighted by Crippen LogP contribution is -2.35. The van der Waals surface area contributed by atoms with E-state index in [1.165, 1.54) is 0 Å². The number of ether oxygens (including phenoxy) is 1. The summed E-state index contributed by atoms with van der Waals surface area (Å²) in [5, 5.41) is 20.8. The van der Waals surface area contributed by atoms with Gasteiger partial charge < -0.3 is 19.6 Å². The Hall–Kier alpha value is -2.65. The van der Waals surface area contributed by atoms with Crippen molar-refractivity contribution in [1.82, 2.24) is 15.5 Å². The molecule has 9 heteroatoms. The van der Waals surface area contributed by atoms with Crippen LogP contribution in [0.25, 0.3) is 0 Å². The molecular weight excluding hydrogens is 408 g/mol. The smallest absolute Gasteiger partial charge is 0.353 e. The second-order valence-corrected chi connectivity index (χ2v) is 8.03. The number of alkyl halides is 2. The lowest BCUT2D eigenvalue weighted by atomic mass is 9.82. The Morgan fingerprint density at radius 2 is 2.03 bits per heavy atom. The first-order valence-electron chi connectivity index (χ1n) is 10.2. The zero-order chi connectivity index (χ0) is 22.6. The minimum atomic E-state index is -3.14. The highest BCUT2D eigenvalue weighted by Crippen LogP contribution is 2.40. The van der Waals surface area contributed by atoms with Crippen LogP contribution in [0.4, 0.5) is 8.78 Å². The average Bonchev–Trinajstić information content (AvgIpc) is 3.10. The first-order chi connectivity index (χ1) is 14.6. The van der Waals surface area contributed by atoms with Crippen molar-refractivity contribution >= 4 is 5.91 Å². The normalized spacial score (nSPS) is 19.5. The van der Waals surface area contributed by atoms with Gasteiger partial charge in [-0.1, -0.05) is 36.4 Å². The third-order valence-corrected chi connectivity index (χ3v) is 5.10. The fourth-order valence-electron chi connectivity index (χ4n) is 3.34. The van der Waals surface area contributed by atoms with Gasteiger partial charge >= 0.3 is 6.11 Å². The summed E-state index contributed by atoms with van der Waals surface area (Å²) in [6.45, 7) is 6.49. The van der Waals surface area contributed by atoms with Gasteiger partial charge in [0.05, 0.1) is 18.6 Å². The van der Waals surface area contributed by atoms with Gasteiger partial charge in [0, 0.05) is 25.0 Å². The van der Waals surface area contributed by atoms with Gasteiger partial charge in [0.25, 0.3) is 0 Å². The lowest BCUT2D eigenvalue weighted by molar-refractivity contribution is -0.265. The number of halogens is 2. The van der Waals surface area contributed by atoms with Crippen LogP contribution < -0.4 is 5.32 Å². The van der Waals surface area contributed by atoms with Gasteiger partial charge in [-0.2, -0.15) is 8.78 Å². The first-order valence-corrected chi connectivity index (χ1v) is 10.2. The van der Waals surface area contributed by atoms with Crippen molar-refractivity contribution in [3.8, 4) is 0 Å². The Morgan fingerprint density at radius 1 is 1.35 bits per heavy atom. The molecule has 0 bridgehead atoms. The largest absolute Gasteiger partial charge is 0.425 e. The summed E-state index contributed by atoms with van der Waals surface area (Å²) in [7, 11) is 0. The third-order valence-electron chi connectivity index (χ3n) is 5.10. The number of aliphatic hydroxyl groups is 1. The molecule has 1 fully saturated rings. The molecule has 1 unspecified atom stereocenters. The lowest BCUT2D eigenvalue weighted by Gasteiger charge is -2.34. The molecule has 1 aliphatic rings. The Kier molecular flexibility index (Phi) is 7.17. The number of hydrogen-bond acceptors (Lipinski definition) is 6. The van der Waals surface area contributed by atoms with Gasteiger partial charge in [-0.15, -0.1) is 10.2 Å². The van der Waals surface area contributed by atoms with E-state index in [0.717, 1.165) is 12.5 Å². The highest BCUT2D eigenvalue weighted by molar-refractivity contribution is 5.78. The van der Waals surface area contributed by atoms with Crippen LogP contribution in [0, 0.1) is 6.92 Å². The van der Waals surface area contributed by atoms with Crippen molar-refractivity contribution in [2.75, 3.05) is 0 Å². The van der Waals surface area contributed by atoms with Gasteiger partial charge in [0.15, 0.2) is 0 Å². The summed E-state index contributed by atoms with van der Waals surface area (Å²) in [4.78, 5) is 12.1. The van der Waals surface area contributed by atoms with E-state index in [4.69, 9.17) is 4.42 Å². The zero-order valence-corrected chi connectivity index (χ0v) is 17.6. The maximum absolute atomic E-state index is 12.8. The van der Waals surface area contributed by atoms with Crippen LogP contribution in [-0.2, 0) is 16.0 Å². The summed E-state index contributed by atoms with van der Waals surface area (Å²) in [6, 6.07) is 7.34. The van der Waals surface area contributed by atoms with E-state index in [1.807, 2.05) is 19.1 Å². The molecule has 31 heavy (non-hydrogen) atoms. The van der Waals surface area contributed by atoms with Gasteiger partial charge in [-0.3, -0.25) is 4.79 Å². The topological polar surface area (TPSA) is 97.5 Å². The summed E-state index contributed by atoms with van der Waals surface area (Å²) >= 11 is 0. The van der Waals surface area contributed by atoms with E-state index < -0.39 is 18.3 Å². The number of rotatable bonds is 10. The average molecular weight is 435 g/mol. The molecule has 0 radical (unpaired) electrons. The Morgan fingerprint density at radius 3 is 2.68 bits per heavy atom. The van der Waals surface area contributed by atoms with Gasteiger partial charge in [0.2, 0.25) is 17.7 Å². The minimum absolute atomic E-state index is 0.0749. The second kappa shape index (κ2) is 9.65. The SMILES string of the molecule is C=C(CCc1nnc(C2CC(OC(C)(F)F)C2)o1)NC(=O)CC(O)c1ccc(C)cc1. The fourth-order valence-corrected chi connectivity index (χ4v) is 3.34. The molecule has 3 rings (SSSR count). The van der Waals surface area contributed by atoms with Crippen LogP contribution in [0.3, 0.4) is 0 Å². The number of nitrogens with one attached hydrogen (secondary N) is 1. The molecule has 2 aromatic rings. The number of amides is 1. The number of hydrogen-bond donors (Lipinski definition) is 2. The maximum atomic E-state index is 12.8. The van der Waals surface area contributed by atoms with Gasteiger partial charge in [0.1, 0.15) is 0 Å². The van der Waals surface area contributed by atoms with E-state index in [0.29, 0.717) is 48.7 Å². The zero-order valence-electron chi connectivity index (χ0n) is 17.6. The highest BCUT2D eigenvalue weighted by Gasteiger charge is 2.39. The van der Waals surface area contributed by atoms with Crippen molar-refractivity contribution in [2.45, 2.75) is 70.2 Å². The Bertz CT molecular complexity index is 902. The van der Waals surface area contributed by atoms with Gasteiger partial charge in [-0.25, -0.2) is 0 Å². The Balaban J connectivity index is 1.38. The first kappa shape index (κ1) is 23.0. The van der Waals surface area contributed by atoms with Crippen molar-refractivity contribution in [3.05, 3.63) is 59.4 Å². The van der Waals surface area contributed by atoms with Gasteiger partial charge in [-0.05, 0) is 31.7 Å². The van der Waals surface area contributed by atoms with E-state index >= 15 is 0 Å². The molecule has 0 aliphatic heterocycles. The number of carbonyl (C=O) groups is 1. The molecule has 1 amide bonds. The number of benzene rings is 1. The standard InChI is InChI=1S/C22H27F2N3O4/c1-13-4-7-15(8-5-13)18(28)12-19(29)25-14(2)6-9-20-26-27-21(30-20)16-10-17(11-16)31-22(3,23)24/h4-5,7-8,16-18,28H,2,6,9-12H2,1,3H3,(H,25,29). The molecule has 1 aromatic carbocycles. The number of aryl methyl sites for hydroxylation is 2. The van der Waals surface area contributed by atoms with Crippen molar-refractivity contribution in [3.63, 3.8) is 0 Å².